The van der Waals surface area contributed by atoms with Crippen LogP contribution in [0.2, 0.25) is 0 Å². The van der Waals surface area contributed by atoms with Crippen molar-refractivity contribution >= 4 is 18.3 Å². The smallest absolute Gasteiger partial charge is 0.273 e. The lowest BCUT2D eigenvalue weighted by Gasteiger charge is -2.22. The molecule has 1 aromatic carbocycles. The molecule has 1 aliphatic heterocycles. The molecule has 9 heteroatoms. The van der Waals surface area contributed by atoms with Crippen molar-refractivity contribution in [2.45, 2.75) is 32.0 Å². The Bertz CT molecular complexity index is 870. The maximum absolute atomic E-state index is 12.3. The molecule has 148 valence electrons. The first kappa shape index (κ1) is 20.0. The van der Waals surface area contributed by atoms with Crippen LogP contribution in [0.5, 0.6) is 0 Å². The van der Waals surface area contributed by atoms with Gasteiger partial charge in [0.05, 0.1) is 18.8 Å². The molecular formula is C19H24ClN7O. The summed E-state index contributed by atoms with van der Waals surface area (Å²) in [6, 6.07) is 10.4. The van der Waals surface area contributed by atoms with Crippen LogP contribution in [0.25, 0.3) is 0 Å². The van der Waals surface area contributed by atoms with Crippen molar-refractivity contribution in [2.75, 3.05) is 13.1 Å². The molecular weight excluding hydrogens is 378 g/mol. The van der Waals surface area contributed by atoms with Gasteiger partial charge in [-0.05, 0) is 43.1 Å². The first-order valence-electron chi connectivity index (χ1n) is 9.24. The van der Waals surface area contributed by atoms with Crippen LogP contribution >= 0.6 is 12.4 Å². The number of aromatic nitrogens is 5. The van der Waals surface area contributed by atoms with Crippen molar-refractivity contribution in [3.63, 3.8) is 0 Å². The summed E-state index contributed by atoms with van der Waals surface area (Å²) in [6.45, 7) is 3.14. The number of benzene rings is 1. The fraction of sp³-hybridized carbons (Fsp3) is 0.368. The summed E-state index contributed by atoms with van der Waals surface area (Å²) in [7, 11) is 0. The van der Waals surface area contributed by atoms with E-state index in [9.17, 15) is 4.79 Å². The minimum atomic E-state index is -0.198. The molecule has 1 saturated heterocycles. The van der Waals surface area contributed by atoms with Crippen molar-refractivity contribution in [1.82, 2.24) is 35.4 Å². The monoisotopic (exact) mass is 401 g/mol. The number of nitrogens with zero attached hydrogens (tertiary/aromatic N) is 5. The van der Waals surface area contributed by atoms with Gasteiger partial charge in [-0.15, -0.1) is 17.5 Å². The molecule has 1 amide bonds. The summed E-state index contributed by atoms with van der Waals surface area (Å²) >= 11 is 0. The maximum Gasteiger partial charge on any atom is 0.273 e. The van der Waals surface area contributed by atoms with Crippen molar-refractivity contribution in [3.8, 4) is 0 Å². The molecule has 0 aliphatic carbocycles. The van der Waals surface area contributed by atoms with E-state index in [1.165, 1.54) is 5.56 Å². The van der Waals surface area contributed by atoms with Gasteiger partial charge in [0.25, 0.3) is 5.91 Å². The minimum Gasteiger partial charge on any atom is -0.347 e. The van der Waals surface area contributed by atoms with Crippen molar-refractivity contribution in [2.24, 2.45) is 0 Å². The van der Waals surface area contributed by atoms with E-state index in [4.69, 9.17) is 0 Å². The molecule has 3 aromatic rings. The third-order valence-corrected chi connectivity index (χ3v) is 4.81. The second-order valence-corrected chi connectivity index (χ2v) is 6.77. The fourth-order valence-electron chi connectivity index (χ4n) is 3.25. The van der Waals surface area contributed by atoms with Gasteiger partial charge in [-0.3, -0.25) is 9.48 Å². The number of amides is 1. The van der Waals surface area contributed by atoms with Crippen LogP contribution in [0.3, 0.4) is 0 Å². The molecule has 3 heterocycles. The highest BCUT2D eigenvalue weighted by molar-refractivity contribution is 5.91. The first-order chi connectivity index (χ1) is 13.3. The number of rotatable bonds is 6. The van der Waals surface area contributed by atoms with Crippen molar-refractivity contribution in [3.05, 3.63) is 65.7 Å². The van der Waals surface area contributed by atoms with Crippen LogP contribution in [0.15, 0.2) is 48.9 Å². The number of hydrogen-bond donors (Lipinski definition) is 2. The second-order valence-electron chi connectivity index (χ2n) is 6.77. The van der Waals surface area contributed by atoms with E-state index in [2.05, 4.69) is 38.2 Å². The van der Waals surface area contributed by atoms with Gasteiger partial charge in [-0.25, -0.2) is 4.68 Å². The van der Waals surface area contributed by atoms with Gasteiger partial charge < -0.3 is 10.6 Å². The Morgan fingerprint density at radius 2 is 1.93 bits per heavy atom. The fourth-order valence-corrected chi connectivity index (χ4v) is 3.25. The van der Waals surface area contributed by atoms with E-state index in [0.717, 1.165) is 38.0 Å². The van der Waals surface area contributed by atoms with E-state index in [-0.39, 0.29) is 18.3 Å². The van der Waals surface area contributed by atoms with Gasteiger partial charge in [0, 0.05) is 18.9 Å². The lowest BCUT2D eigenvalue weighted by molar-refractivity contribution is 0.0946. The number of nitrogens with one attached hydrogen (secondary N) is 2. The van der Waals surface area contributed by atoms with Gasteiger partial charge in [0.1, 0.15) is 0 Å². The maximum atomic E-state index is 12.3. The lowest BCUT2D eigenvalue weighted by atomic mass is 10.1. The van der Waals surface area contributed by atoms with Crippen LogP contribution in [-0.2, 0) is 13.1 Å². The molecule has 0 saturated carbocycles. The Hall–Kier alpha value is -2.71. The van der Waals surface area contributed by atoms with Crippen LogP contribution in [0, 0.1) is 0 Å². The van der Waals surface area contributed by atoms with Crippen LogP contribution in [-0.4, -0.2) is 43.8 Å². The van der Waals surface area contributed by atoms with Gasteiger partial charge in [0.15, 0.2) is 5.69 Å². The zero-order chi connectivity index (χ0) is 18.5. The highest BCUT2D eigenvalue weighted by atomic mass is 35.5. The largest absolute Gasteiger partial charge is 0.347 e. The van der Waals surface area contributed by atoms with Crippen molar-refractivity contribution < 1.29 is 4.79 Å². The van der Waals surface area contributed by atoms with E-state index in [0.29, 0.717) is 18.3 Å². The molecule has 0 unspecified atom stereocenters. The third kappa shape index (κ3) is 4.96. The summed E-state index contributed by atoms with van der Waals surface area (Å²) in [5, 5.41) is 18.6. The number of carbonyl (C=O) groups excluding carboxylic acids is 1. The van der Waals surface area contributed by atoms with Gasteiger partial charge >= 0.3 is 0 Å². The van der Waals surface area contributed by atoms with E-state index >= 15 is 0 Å². The molecule has 8 nitrogen and oxygen atoms in total. The molecule has 2 N–H and O–H groups in total. The molecule has 4 rings (SSSR count). The molecule has 0 spiro atoms. The third-order valence-electron chi connectivity index (χ3n) is 4.81. The highest BCUT2D eigenvalue weighted by Gasteiger charge is 2.18. The van der Waals surface area contributed by atoms with E-state index < -0.39 is 0 Å². The van der Waals surface area contributed by atoms with Crippen LogP contribution in [0.4, 0.5) is 0 Å². The lowest BCUT2D eigenvalue weighted by Crippen LogP contribution is -2.29. The summed E-state index contributed by atoms with van der Waals surface area (Å²) < 4.78 is 3.70. The molecule has 28 heavy (non-hydrogen) atoms. The Balaban J connectivity index is 0.00000225. The predicted molar refractivity (Wildman–Crippen MR) is 107 cm³/mol. The average Bonchev–Trinajstić information content (AvgIpc) is 3.40. The molecule has 0 radical (unpaired) electrons. The quantitative estimate of drug-likeness (QED) is 0.657. The van der Waals surface area contributed by atoms with Crippen LogP contribution < -0.4 is 10.6 Å². The van der Waals surface area contributed by atoms with Crippen LogP contribution in [0.1, 0.15) is 40.5 Å². The predicted octanol–water partition coefficient (Wildman–Crippen LogP) is 1.80. The highest BCUT2D eigenvalue weighted by Crippen LogP contribution is 2.17. The number of carbonyl (C=O) groups is 1. The number of halogens is 1. The molecule has 0 atom stereocenters. The topological polar surface area (TPSA) is 89.7 Å². The number of hydrogen-bond acceptors (Lipinski definition) is 5. The zero-order valence-corrected chi connectivity index (χ0v) is 16.3. The molecule has 1 fully saturated rings. The molecule has 0 bridgehead atoms. The van der Waals surface area contributed by atoms with E-state index in [1.807, 2.05) is 33.8 Å². The van der Waals surface area contributed by atoms with Gasteiger partial charge in [-0.2, -0.15) is 5.10 Å². The minimum absolute atomic E-state index is 0. The van der Waals surface area contributed by atoms with Gasteiger partial charge in [0.2, 0.25) is 0 Å². The average molecular weight is 402 g/mol. The summed E-state index contributed by atoms with van der Waals surface area (Å²) in [5.41, 5.74) is 2.57. The molecule has 1 aliphatic rings. The normalized spacial score (nSPS) is 14.4. The standard InChI is InChI=1S/C19H23N7O.ClH/c27-19(18-14-26(24-23-18)17-6-9-20-10-7-17)21-12-15-2-4-16(5-3-15)13-25-11-1-8-22-25;/h1-5,8,11,14,17,20H,6-7,9-10,12-13H2,(H,21,27);1H. The zero-order valence-electron chi connectivity index (χ0n) is 15.5. The second kappa shape index (κ2) is 9.48. The Morgan fingerprint density at radius 1 is 1.18 bits per heavy atom. The summed E-state index contributed by atoms with van der Waals surface area (Å²) in [6.07, 6.45) is 7.47. The Kier molecular flexibility index (Phi) is 6.78. The van der Waals surface area contributed by atoms with Crippen molar-refractivity contribution in [1.29, 1.82) is 0 Å². The Morgan fingerprint density at radius 3 is 2.64 bits per heavy atom. The Labute approximate surface area is 169 Å². The first-order valence-corrected chi connectivity index (χ1v) is 9.24. The summed E-state index contributed by atoms with van der Waals surface area (Å²) in [5.74, 6) is -0.198. The molecule has 2 aromatic heterocycles. The SMILES string of the molecule is Cl.O=C(NCc1ccc(Cn2cccn2)cc1)c1cn(C2CCNCC2)nn1. The number of piperidine rings is 1. The van der Waals surface area contributed by atoms with Gasteiger partial charge in [-0.1, -0.05) is 29.5 Å². The van der Waals surface area contributed by atoms with E-state index in [1.54, 1.807) is 12.4 Å². The summed E-state index contributed by atoms with van der Waals surface area (Å²) in [4.78, 5) is 12.3.